The van der Waals surface area contributed by atoms with Crippen LogP contribution in [-0.2, 0) is 4.79 Å². The number of hydrogen-bond donors (Lipinski definition) is 3. The molecular weight excluding hydrogens is 352 g/mol. The minimum Gasteiger partial charge on any atom is -0.481 e. The molecule has 0 bridgehead atoms. The zero-order valence-corrected chi connectivity index (χ0v) is 16.5. The van der Waals surface area contributed by atoms with Gasteiger partial charge in [-0.15, -0.1) is 11.6 Å². The number of aliphatic hydroxyl groups excluding tert-OH is 2. The first-order valence-electron chi connectivity index (χ1n) is 10.4. The van der Waals surface area contributed by atoms with E-state index in [1.54, 1.807) is 0 Å². The molecule has 5 heteroatoms. The third-order valence-corrected chi connectivity index (χ3v) is 6.71. The predicted octanol–water partition coefficient (Wildman–Crippen LogP) is 4.51. The summed E-state index contributed by atoms with van der Waals surface area (Å²) in [6.45, 7) is 0. The van der Waals surface area contributed by atoms with Crippen LogP contribution in [0, 0.1) is 17.8 Å². The van der Waals surface area contributed by atoms with Crippen LogP contribution in [0.15, 0.2) is 12.2 Å². The van der Waals surface area contributed by atoms with Crippen LogP contribution in [0.5, 0.6) is 0 Å². The Morgan fingerprint density at radius 2 is 1.81 bits per heavy atom. The largest absolute Gasteiger partial charge is 0.481 e. The number of rotatable bonds is 10. The molecule has 0 saturated heterocycles. The number of carbonyl (C=O) groups is 1. The Hall–Kier alpha value is -0.580. The lowest BCUT2D eigenvalue weighted by Crippen LogP contribution is -2.23. The summed E-state index contributed by atoms with van der Waals surface area (Å²) in [5.41, 5.74) is 0. The van der Waals surface area contributed by atoms with Crippen molar-refractivity contribution in [1.29, 1.82) is 0 Å². The zero-order chi connectivity index (χ0) is 18.9. The van der Waals surface area contributed by atoms with Crippen molar-refractivity contribution in [3.05, 3.63) is 12.2 Å². The Bertz CT molecular complexity index is 447. The molecule has 0 heterocycles. The van der Waals surface area contributed by atoms with Gasteiger partial charge in [-0.3, -0.25) is 4.79 Å². The molecule has 2 rings (SSSR count). The Kier molecular flexibility index (Phi) is 9.44. The van der Waals surface area contributed by atoms with Crippen molar-refractivity contribution in [3.8, 4) is 0 Å². The third-order valence-electron chi connectivity index (χ3n) is 6.21. The molecule has 4 nitrogen and oxygen atoms in total. The van der Waals surface area contributed by atoms with Crippen molar-refractivity contribution < 1.29 is 20.1 Å². The van der Waals surface area contributed by atoms with Gasteiger partial charge >= 0.3 is 5.97 Å². The van der Waals surface area contributed by atoms with Crippen molar-refractivity contribution in [1.82, 2.24) is 0 Å². The van der Waals surface area contributed by atoms with Gasteiger partial charge in [0.15, 0.2) is 0 Å². The standard InChI is InChI=1S/C21H35ClO4/c22-18-14-20(24)17(12-13-19(23)15-8-4-3-5-9-15)16(18)10-6-1-2-7-11-21(25)26/h12-13,15-20,23-24H,1-11,14H2,(H,25,26)/b13-12+/t16?,17-,18-,19?,20?/m1/s1. The van der Waals surface area contributed by atoms with Gasteiger partial charge in [-0.05, 0) is 43.9 Å². The van der Waals surface area contributed by atoms with Crippen LogP contribution in [0.2, 0.25) is 0 Å². The van der Waals surface area contributed by atoms with E-state index in [4.69, 9.17) is 16.7 Å². The second-order valence-corrected chi connectivity index (χ2v) is 8.74. The molecule has 2 saturated carbocycles. The van der Waals surface area contributed by atoms with Gasteiger partial charge in [-0.2, -0.15) is 0 Å². The predicted molar refractivity (Wildman–Crippen MR) is 104 cm³/mol. The molecule has 2 fully saturated rings. The fourth-order valence-corrected chi connectivity index (χ4v) is 5.09. The van der Waals surface area contributed by atoms with Crippen molar-refractivity contribution in [2.45, 2.75) is 94.6 Å². The summed E-state index contributed by atoms with van der Waals surface area (Å²) in [4.78, 5) is 10.5. The number of alkyl halides is 1. The summed E-state index contributed by atoms with van der Waals surface area (Å²) in [7, 11) is 0. The Balaban J connectivity index is 1.78. The molecule has 0 amide bonds. The maximum absolute atomic E-state index is 10.5. The highest BCUT2D eigenvalue weighted by atomic mass is 35.5. The lowest BCUT2D eigenvalue weighted by atomic mass is 9.84. The zero-order valence-electron chi connectivity index (χ0n) is 15.7. The van der Waals surface area contributed by atoms with E-state index in [1.165, 1.54) is 19.3 Å². The minimum atomic E-state index is -0.730. The molecule has 0 aromatic heterocycles. The Labute approximate surface area is 162 Å². The van der Waals surface area contributed by atoms with Gasteiger partial charge in [0.25, 0.3) is 0 Å². The molecule has 0 aromatic rings. The summed E-state index contributed by atoms with van der Waals surface area (Å²) < 4.78 is 0. The number of carboxylic acids is 1. The molecule has 0 aromatic carbocycles. The Morgan fingerprint density at radius 1 is 1.12 bits per heavy atom. The monoisotopic (exact) mass is 386 g/mol. The van der Waals surface area contributed by atoms with E-state index < -0.39 is 18.2 Å². The lowest BCUT2D eigenvalue weighted by Gasteiger charge is -2.25. The average molecular weight is 387 g/mol. The topological polar surface area (TPSA) is 77.8 Å². The van der Waals surface area contributed by atoms with Gasteiger partial charge in [-0.25, -0.2) is 0 Å². The number of halogens is 1. The van der Waals surface area contributed by atoms with Crippen LogP contribution in [0.4, 0.5) is 0 Å². The van der Waals surface area contributed by atoms with Crippen LogP contribution >= 0.6 is 11.6 Å². The number of unbranched alkanes of at least 4 members (excludes halogenated alkanes) is 3. The fourth-order valence-electron chi connectivity index (χ4n) is 4.62. The van der Waals surface area contributed by atoms with E-state index in [1.807, 2.05) is 12.2 Å². The van der Waals surface area contributed by atoms with Gasteiger partial charge in [0.2, 0.25) is 0 Å². The summed E-state index contributed by atoms with van der Waals surface area (Å²) in [5, 5.41) is 29.5. The van der Waals surface area contributed by atoms with Crippen LogP contribution in [0.1, 0.15) is 77.0 Å². The molecule has 150 valence electrons. The van der Waals surface area contributed by atoms with E-state index in [9.17, 15) is 15.0 Å². The van der Waals surface area contributed by atoms with Crippen molar-refractivity contribution >= 4 is 17.6 Å². The van der Waals surface area contributed by atoms with Gasteiger partial charge < -0.3 is 15.3 Å². The van der Waals surface area contributed by atoms with E-state index in [-0.39, 0.29) is 23.6 Å². The maximum Gasteiger partial charge on any atom is 0.303 e. The number of carboxylic acid groups (broad SMARTS) is 1. The first-order valence-corrected chi connectivity index (χ1v) is 10.8. The molecule has 3 unspecified atom stereocenters. The second kappa shape index (κ2) is 11.3. The molecule has 0 radical (unpaired) electrons. The van der Waals surface area contributed by atoms with E-state index >= 15 is 0 Å². The number of aliphatic hydroxyl groups is 2. The number of aliphatic carboxylic acids is 1. The molecule has 0 spiro atoms. The molecule has 26 heavy (non-hydrogen) atoms. The van der Waals surface area contributed by atoms with Crippen LogP contribution in [-0.4, -0.2) is 38.9 Å². The van der Waals surface area contributed by atoms with Crippen LogP contribution in [0.25, 0.3) is 0 Å². The van der Waals surface area contributed by atoms with Crippen molar-refractivity contribution in [3.63, 3.8) is 0 Å². The van der Waals surface area contributed by atoms with Gasteiger partial charge in [0, 0.05) is 17.7 Å². The molecule has 0 aliphatic heterocycles. The van der Waals surface area contributed by atoms with E-state index in [2.05, 4.69) is 0 Å². The smallest absolute Gasteiger partial charge is 0.303 e. The lowest BCUT2D eigenvalue weighted by molar-refractivity contribution is -0.137. The minimum absolute atomic E-state index is 0.0227. The normalized spacial score (nSPS) is 31.5. The SMILES string of the molecule is O=C(O)CCCCCCC1[C@@H](/C=C/C(O)C2CCCCC2)C(O)C[C@H]1Cl. The molecule has 2 aliphatic carbocycles. The highest BCUT2D eigenvalue weighted by Gasteiger charge is 2.39. The quantitative estimate of drug-likeness (QED) is 0.293. The fraction of sp³-hybridized carbons (Fsp3) is 0.857. The summed E-state index contributed by atoms with van der Waals surface area (Å²) >= 11 is 6.48. The molecular formula is C21H35ClO4. The third kappa shape index (κ3) is 6.86. The van der Waals surface area contributed by atoms with Gasteiger partial charge in [0.1, 0.15) is 0 Å². The maximum atomic E-state index is 10.5. The van der Waals surface area contributed by atoms with Gasteiger partial charge in [-0.1, -0.05) is 50.7 Å². The van der Waals surface area contributed by atoms with Gasteiger partial charge in [0.05, 0.1) is 12.2 Å². The highest BCUT2D eigenvalue weighted by molar-refractivity contribution is 6.21. The Morgan fingerprint density at radius 3 is 2.50 bits per heavy atom. The highest BCUT2D eigenvalue weighted by Crippen LogP contribution is 2.40. The first kappa shape index (κ1) is 21.7. The summed E-state index contributed by atoms with van der Waals surface area (Å²) in [6.07, 6.45) is 14.4. The first-order chi connectivity index (χ1) is 12.5. The van der Waals surface area contributed by atoms with Crippen LogP contribution in [0.3, 0.4) is 0 Å². The van der Waals surface area contributed by atoms with Crippen molar-refractivity contribution in [2.24, 2.45) is 17.8 Å². The average Bonchev–Trinajstić information content (AvgIpc) is 2.89. The summed E-state index contributed by atoms with van der Waals surface area (Å²) in [6, 6.07) is 0. The second-order valence-electron chi connectivity index (χ2n) is 8.18. The van der Waals surface area contributed by atoms with E-state index in [0.717, 1.165) is 44.9 Å². The summed E-state index contributed by atoms with van der Waals surface area (Å²) in [5.74, 6) is -0.111. The molecule has 5 atom stereocenters. The van der Waals surface area contributed by atoms with E-state index in [0.29, 0.717) is 12.3 Å². The number of hydrogen-bond acceptors (Lipinski definition) is 3. The van der Waals surface area contributed by atoms with Crippen molar-refractivity contribution in [2.75, 3.05) is 0 Å². The molecule has 3 N–H and O–H groups in total. The van der Waals surface area contributed by atoms with Crippen LogP contribution < -0.4 is 0 Å². The molecule has 2 aliphatic rings.